The Morgan fingerprint density at radius 3 is 2.46 bits per heavy atom. The molecule has 0 unspecified atom stereocenters. The quantitative estimate of drug-likeness (QED) is 0.651. The van der Waals surface area contributed by atoms with Crippen molar-refractivity contribution in [3.8, 4) is 12.3 Å². The highest BCUT2D eigenvalue weighted by molar-refractivity contribution is 5.42. The third kappa shape index (κ3) is 2.22. The van der Waals surface area contributed by atoms with Gasteiger partial charge in [-0.25, -0.2) is 4.98 Å². The van der Waals surface area contributed by atoms with Crippen LogP contribution < -0.4 is 4.90 Å². The molecule has 13 heavy (non-hydrogen) atoms. The number of anilines is 1. The maximum absolute atomic E-state index is 5.24. The fourth-order valence-corrected chi connectivity index (χ4v) is 1.21. The van der Waals surface area contributed by atoms with E-state index in [9.17, 15) is 0 Å². The first kappa shape index (κ1) is 9.60. The molecule has 0 spiro atoms. The average Bonchev–Trinajstić information content (AvgIpc) is 2.21. The molecule has 2 heteroatoms. The second-order valence-corrected chi connectivity index (χ2v) is 2.72. The van der Waals surface area contributed by atoms with Crippen LogP contribution in [0.15, 0.2) is 18.3 Å². The first-order valence-electron chi connectivity index (χ1n) is 4.49. The summed E-state index contributed by atoms with van der Waals surface area (Å²) in [7, 11) is 0. The second-order valence-electron chi connectivity index (χ2n) is 2.72. The largest absolute Gasteiger partial charge is 0.357 e. The van der Waals surface area contributed by atoms with Gasteiger partial charge in [0.1, 0.15) is 5.82 Å². The molecule has 68 valence electrons. The van der Waals surface area contributed by atoms with Gasteiger partial charge in [0.25, 0.3) is 0 Å². The SMILES string of the molecule is C#Cc1ccc(N(CC)CC)nc1. The number of rotatable bonds is 3. The van der Waals surface area contributed by atoms with Crippen LogP contribution in [0.4, 0.5) is 5.82 Å². The molecule has 1 aromatic rings. The average molecular weight is 174 g/mol. The summed E-state index contributed by atoms with van der Waals surface area (Å²) in [6.45, 7) is 6.17. The van der Waals surface area contributed by atoms with Crippen molar-refractivity contribution in [2.75, 3.05) is 18.0 Å². The number of terminal acetylenes is 1. The molecule has 0 bridgehead atoms. The van der Waals surface area contributed by atoms with E-state index < -0.39 is 0 Å². The molecule has 0 radical (unpaired) electrons. The maximum Gasteiger partial charge on any atom is 0.128 e. The summed E-state index contributed by atoms with van der Waals surface area (Å²) in [6.07, 6.45) is 6.97. The zero-order valence-corrected chi connectivity index (χ0v) is 8.12. The zero-order valence-electron chi connectivity index (χ0n) is 8.12. The Labute approximate surface area is 79.6 Å². The van der Waals surface area contributed by atoms with E-state index in [1.54, 1.807) is 6.20 Å². The third-order valence-electron chi connectivity index (χ3n) is 2.00. The molecule has 0 aliphatic heterocycles. The van der Waals surface area contributed by atoms with E-state index in [-0.39, 0.29) is 0 Å². The van der Waals surface area contributed by atoms with Crippen molar-refractivity contribution in [2.24, 2.45) is 0 Å². The monoisotopic (exact) mass is 174 g/mol. The van der Waals surface area contributed by atoms with Gasteiger partial charge >= 0.3 is 0 Å². The van der Waals surface area contributed by atoms with Crippen LogP contribution in [0.3, 0.4) is 0 Å². The first-order chi connectivity index (χ1) is 6.31. The highest BCUT2D eigenvalue weighted by atomic mass is 15.2. The maximum atomic E-state index is 5.24. The van der Waals surface area contributed by atoms with E-state index in [0.717, 1.165) is 24.5 Å². The fraction of sp³-hybridized carbons (Fsp3) is 0.364. The van der Waals surface area contributed by atoms with Crippen molar-refractivity contribution >= 4 is 5.82 Å². The standard InChI is InChI=1S/C11H14N2/c1-4-10-7-8-11(12-9-10)13(5-2)6-3/h1,7-9H,5-6H2,2-3H3. The van der Waals surface area contributed by atoms with Gasteiger partial charge in [0.15, 0.2) is 0 Å². The van der Waals surface area contributed by atoms with Gasteiger partial charge in [-0.05, 0) is 26.0 Å². The van der Waals surface area contributed by atoms with Crippen molar-refractivity contribution in [3.63, 3.8) is 0 Å². The van der Waals surface area contributed by atoms with E-state index in [4.69, 9.17) is 6.42 Å². The molecule has 0 saturated carbocycles. The molecule has 0 saturated heterocycles. The van der Waals surface area contributed by atoms with E-state index in [1.807, 2.05) is 12.1 Å². The Morgan fingerprint density at radius 1 is 1.38 bits per heavy atom. The van der Waals surface area contributed by atoms with Crippen LogP contribution in [-0.4, -0.2) is 18.1 Å². The molecule has 0 aliphatic rings. The second kappa shape index (κ2) is 4.51. The van der Waals surface area contributed by atoms with Gasteiger partial charge in [-0.15, -0.1) is 6.42 Å². The Kier molecular flexibility index (Phi) is 3.33. The number of nitrogens with zero attached hydrogens (tertiary/aromatic N) is 2. The lowest BCUT2D eigenvalue weighted by Gasteiger charge is -2.19. The molecule has 0 aliphatic carbocycles. The van der Waals surface area contributed by atoms with Crippen LogP contribution in [0, 0.1) is 12.3 Å². The Bertz CT molecular complexity index is 291. The Balaban J connectivity index is 2.85. The molecule has 1 rings (SSSR count). The molecule has 2 nitrogen and oxygen atoms in total. The van der Waals surface area contributed by atoms with Crippen LogP contribution in [0.2, 0.25) is 0 Å². The molecule has 0 aromatic carbocycles. The normalized spacial score (nSPS) is 9.31. The number of pyridine rings is 1. The van der Waals surface area contributed by atoms with Gasteiger partial charge in [-0.3, -0.25) is 0 Å². The van der Waals surface area contributed by atoms with E-state index in [0.29, 0.717) is 0 Å². The van der Waals surface area contributed by atoms with E-state index in [2.05, 4.69) is 29.7 Å². The highest BCUT2D eigenvalue weighted by Crippen LogP contribution is 2.09. The summed E-state index contributed by atoms with van der Waals surface area (Å²) < 4.78 is 0. The summed E-state index contributed by atoms with van der Waals surface area (Å²) >= 11 is 0. The predicted molar refractivity (Wildman–Crippen MR) is 55.7 cm³/mol. The van der Waals surface area contributed by atoms with Crippen molar-refractivity contribution in [1.82, 2.24) is 4.98 Å². The number of hydrogen-bond acceptors (Lipinski definition) is 2. The van der Waals surface area contributed by atoms with Gasteiger partial charge in [-0.2, -0.15) is 0 Å². The van der Waals surface area contributed by atoms with Crippen molar-refractivity contribution in [3.05, 3.63) is 23.9 Å². The number of aromatic nitrogens is 1. The van der Waals surface area contributed by atoms with Crippen LogP contribution >= 0.6 is 0 Å². The molecule has 0 atom stereocenters. The van der Waals surface area contributed by atoms with Crippen molar-refractivity contribution in [1.29, 1.82) is 0 Å². The fourth-order valence-electron chi connectivity index (χ4n) is 1.21. The van der Waals surface area contributed by atoms with E-state index in [1.165, 1.54) is 0 Å². The molecule has 0 amide bonds. The first-order valence-corrected chi connectivity index (χ1v) is 4.49. The summed E-state index contributed by atoms with van der Waals surface area (Å²) in [5.41, 5.74) is 0.830. The van der Waals surface area contributed by atoms with Crippen LogP contribution in [-0.2, 0) is 0 Å². The summed E-state index contributed by atoms with van der Waals surface area (Å²) in [5.74, 6) is 3.54. The molecule has 1 aromatic heterocycles. The minimum absolute atomic E-state index is 0.830. The molecule has 1 heterocycles. The Hall–Kier alpha value is -1.49. The molecular weight excluding hydrogens is 160 g/mol. The lowest BCUT2D eigenvalue weighted by Crippen LogP contribution is -2.22. The van der Waals surface area contributed by atoms with Gasteiger partial charge in [0.2, 0.25) is 0 Å². The van der Waals surface area contributed by atoms with Crippen molar-refractivity contribution < 1.29 is 0 Å². The number of hydrogen-bond donors (Lipinski definition) is 0. The smallest absolute Gasteiger partial charge is 0.128 e. The van der Waals surface area contributed by atoms with Gasteiger partial charge in [0.05, 0.1) is 0 Å². The minimum atomic E-state index is 0.830. The highest BCUT2D eigenvalue weighted by Gasteiger charge is 2.01. The molecule has 0 N–H and O–H groups in total. The lowest BCUT2D eigenvalue weighted by atomic mass is 10.3. The predicted octanol–water partition coefficient (Wildman–Crippen LogP) is 1.91. The molecular formula is C11H14N2. The minimum Gasteiger partial charge on any atom is -0.357 e. The third-order valence-corrected chi connectivity index (χ3v) is 2.00. The summed E-state index contributed by atoms with van der Waals surface area (Å²) in [6, 6.07) is 3.88. The van der Waals surface area contributed by atoms with Gasteiger partial charge in [-0.1, -0.05) is 5.92 Å². The zero-order chi connectivity index (χ0) is 9.68. The summed E-state index contributed by atoms with van der Waals surface area (Å²) in [4.78, 5) is 6.46. The van der Waals surface area contributed by atoms with E-state index >= 15 is 0 Å². The van der Waals surface area contributed by atoms with Crippen molar-refractivity contribution in [2.45, 2.75) is 13.8 Å². The lowest BCUT2D eigenvalue weighted by molar-refractivity contribution is 0.846. The van der Waals surface area contributed by atoms with Gasteiger partial charge in [0, 0.05) is 24.8 Å². The topological polar surface area (TPSA) is 16.1 Å². The molecule has 0 fully saturated rings. The van der Waals surface area contributed by atoms with Crippen LogP contribution in [0.1, 0.15) is 19.4 Å². The van der Waals surface area contributed by atoms with Gasteiger partial charge < -0.3 is 4.90 Å². The van der Waals surface area contributed by atoms with Crippen LogP contribution in [0.5, 0.6) is 0 Å². The van der Waals surface area contributed by atoms with Crippen LogP contribution in [0.25, 0.3) is 0 Å². The summed E-state index contributed by atoms with van der Waals surface area (Å²) in [5, 5.41) is 0. The Morgan fingerprint density at radius 2 is 2.08 bits per heavy atom.